The Balaban J connectivity index is 2.08. The predicted octanol–water partition coefficient (Wildman–Crippen LogP) is 2.89. The summed E-state index contributed by atoms with van der Waals surface area (Å²) in [5, 5.41) is 9.29. The fourth-order valence-electron chi connectivity index (χ4n) is 2.87. The maximum atomic E-state index is 12.8. The third kappa shape index (κ3) is 5.39. The number of hydrogen-bond donors (Lipinski definition) is 1. The van der Waals surface area contributed by atoms with E-state index in [2.05, 4.69) is 33.9 Å². The molecule has 2 heterocycles. The lowest BCUT2D eigenvalue weighted by atomic mass is 9.92. The molecule has 2 rings (SSSR count). The number of aliphatic carboxylic acids is 1. The van der Waals surface area contributed by atoms with Crippen LogP contribution in [0.5, 0.6) is 0 Å². The van der Waals surface area contributed by atoms with E-state index in [0.29, 0.717) is 4.24 Å². The summed E-state index contributed by atoms with van der Waals surface area (Å²) in [4.78, 5) is 25.8. The van der Waals surface area contributed by atoms with Crippen LogP contribution >= 0.6 is 23.5 Å². The van der Waals surface area contributed by atoms with Crippen molar-refractivity contribution in [2.75, 3.05) is 18.6 Å². The van der Waals surface area contributed by atoms with E-state index in [0.717, 1.165) is 6.26 Å². The monoisotopic (exact) mass is 483 g/mol. The lowest BCUT2D eigenvalue weighted by Gasteiger charge is -2.48. The molecule has 2 aliphatic heterocycles. The molecule has 8 nitrogen and oxygen atoms in total. The van der Waals surface area contributed by atoms with Gasteiger partial charge in [-0.15, -0.1) is 11.8 Å². The number of thioether (sulfide) groups is 2. The number of fused-ring (bicyclic) bond motifs is 1. The van der Waals surface area contributed by atoms with Gasteiger partial charge >= 0.3 is 5.97 Å². The lowest BCUT2D eigenvalue weighted by molar-refractivity contribution is -0.156. The smallest absolute Gasteiger partial charge is 0.354 e. The summed E-state index contributed by atoms with van der Waals surface area (Å²) >= 11 is 2.51. The van der Waals surface area contributed by atoms with E-state index in [1.165, 1.54) is 28.4 Å². The first-order valence-electron chi connectivity index (χ1n) is 9.19. The van der Waals surface area contributed by atoms with Gasteiger partial charge in [-0.05, 0) is 25.1 Å². The van der Waals surface area contributed by atoms with Gasteiger partial charge in [-0.1, -0.05) is 32.5 Å². The highest BCUT2D eigenvalue weighted by Gasteiger charge is 2.59. The van der Waals surface area contributed by atoms with Gasteiger partial charge in [0.15, 0.2) is 14.0 Å². The molecule has 0 aliphatic carbocycles. The highest BCUT2D eigenvalue weighted by Crippen LogP contribution is 2.54. The number of nitrogens with zero attached hydrogens (tertiary/aromatic N) is 1. The summed E-state index contributed by atoms with van der Waals surface area (Å²) in [5.74, 6) is -1.55. The van der Waals surface area contributed by atoms with E-state index in [9.17, 15) is 23.1 Å². The summed E-state index contributed by atoms with van der Waals surface area (Å²) in [6.07, 6.45) is 0.647. The van der Waals surface area contributed by atoms with Crippen molar-refractivity contribution in [1.82, 2.24) is 4.90 Å². The molecule has 0 radical (unpaired) electrons. The number of amides is 1. The molecule has 0 bridgehead atoms. The van der Waals surface area contributed by atoms with Crippen molar-refractivity contribution in [3.05, 3.63) is 9.93 Å². The maximum Gasteiger partial charge on any atom is 0.354 e. The Morgan fingerprint density at radius 3 is 2.45 bits per heavy atom. The molecular formula is C17H29NO7S3Si. The zero-order chi connectivity index (χ0) is 22.4. The largest absolute Gasteiger partial charge is 0.477 e. The number of carboxylic acids is 1. The van der Waals surface area contributed by atoms with Crippen LogP contribution in [0.3, 0.4) is 0 Å². The number of carbonyl (C=O) groups excluding carboxylic acids is 1. The normalized spacial score (nSPS) is 23.8. The molecule has 0 unspecified atom stereocenters. The van der Waals surface area contributed by atoms with Gasteiger partial charge in [-0.25, -0.2) is 4.79 Å². The van der Waals surface area contributed by atoms with E-state index in [4.69, 9.17) is 8.61 Å². The molecule has 0 saturated carbocycles. The molecule has 1 saturated heterocycles. The van der Waals surface area contributed by atoms with Crippen molar-refractivity contribution in [2.24, 2.45) is 5.92 Å². The Morgan fingerprint density at radius 2 is 1.97 bits per heavy atom. The highest BCUT2D eigenvalue weighted by atomic mass is 32.2. The van der Waals surface area contributed by atoms with Crippen LogP contribution in [0.25, 0.3) is 0 Å². The Kier molecular flexibility index (Phi) is 7.28. The quantitative estimate of drug-likeness (QED) is 0.229. The van der Waals surface area contributed by atoms with E-state index >= 15 is 0 Å². The minimum absolute atomic E-state index is 0.00165. The molecule has 0 aromatic carbocycles. The summed E-state index contributed by atoms with van der Waals surface area (Å²) in [6, 6.07) is 0. The molecule has 0 spiro atoms. The number of rotatable bonds is 9. The summed E-state index contributed by atoms with van der Waals surface area (Å²) in [7, 11) is -5.62. The van der Waals surface area contributed by atoms with Gasteiger partial charge in [0.05, 0.1) is 29.1 Å². The number of hydrogen-bond acceptors (Lipinski definition) is 8. The second-order valence-corrected chi connectivity index (χ2v) is 17.5. The molecule has 0 aromatic heterocycles. The van der Waals surface area contributed by atoms with Crippen molar-refractivity contribution < 1.29 is 31.7 Å². The first kappa shape index (κ1) is 24.7. The number of carbonyl (C=O) groups is 2. The Morgan fingerprint density at radius 1 is 1.38 bits per heavy atom. The van der Waals surface area contributed by atoms with Gasteiger partial charge in [0.1, 0.15) is 5.37 Å². The van der Waals surface area contributed by atoms with Gasteiger partial charge in [0.25, 0.3) is 10.1 Å². The van der Waals surface area contributed by atoms with Crippen LogP contribution in [-0.2, 0) is 28.3 Å². The van der Waals surface area contributed by atoms with Crippen LogP contribution in [0, 0.1) is 5.92 Å². The summed E-state index contributed by atoms with van der Waals surface area (Å²) in [5.41, 5.74) is -0.0369. The predicted molar refractivity (Wildman–Crippen MR) is 117 cm³/mol. The van der Waals surface area contributed by atoms with Crippen LogP contribution in [0.4, 0.5) is 0 Å². The minimum atomic E-state index is -3.55. The number of carboxylic acid groups (broad SMARTS) is 1. The van der Waals surface area contributed by atoms with Crippen molar-refractivity contribution in [2.45, 2.75) is 57.3 Å². The van der Waals surface area contributed by atoms with Crippen LogP contribution in [0.15, 0.2) is 9.93 Å². The average molecular weight is 484 g/mol. The van der Waals surface area contributed by atoms with Crippen LogP contribution in [-0.4, -0.2) is 68.7 Å². The standard InChI is InChI=1S/C17H29NO7S3Si/c1-10(25-29(6,7)17(2,3)4)11-13(19)18-12(15(20)21)16(27-14(11)18)26-9-8-24-28(5,22)23/h10-11,14H,8-9H2,1-7H3,(H,20,21)/t10-,11+,14-/m1/s1. The molecule has 2 aliphatic rings. The van der Waals surface area contributed by atoms with E-state index < -0.39 is 30.3 Å². The number of β-lactam (4-membered cyclic amide) rings is 1. The molecule has 0 aromatic rings. The van der Waals surface area contributed by atoms with E-state index in [1.54, 1.807) is 0 Å². The van der Waals surface area contributed by atoms with Crippen molar-refractivity contribution >= 4 is 53.8 Å². The molecular weight excluding hydrogens is 454 g/mol. The molecule has 12 heteroatoms. The Labute approximate surface area is 182 Å². The van der Waals surface area contributed by atoms with E-state index in [1.807, 2.05) is 6.92 Å². The molecule has 1 fully saturated rings. The fraction of sp³-hybridized carbons (Fsp3) is 0.765. The second-order valence-electron chi connectivity index (χ2n) is 8.64. The summed E-state index contributed by atoms with van der Waals surface area (Å²) < 4.78 is 33.7. The second kappa shape index (κ2) is 8.54. The van der Waals surface area contributed by atoms with Crippen LogP contribution in [0.2, 0.25) is 18.1 Å². The average Bonchev–Trinajstić information content (AvgIpc) is 2.83. The molecule has 29 heavy (non-hydrogen) atoms. The van der Waals surface area contributed by atoms with Gasteiger partial charge in [0.2, 0.25) is 5.91 Å². The lowest BCUT2D eigenvalue weighted by Crippen LogP contribution is -2.62. The SMILES string of the molecule is C[C@@H](O[Si](C)(C)C(C)(C)C)[C@H]1C(=O)N2C(C(=O)O)=C(SCCOS(C)(=O)=O)S[C@H]12. The molecule has 1 amide bonds. The minimum Gasteiger partial charge on any atom is -0.477 e. The first-order chi connectivity index (χ1) is 13.1. The Hall–Kier alpha value is -0.533. The zero-order valence-electron chi connectivity index (χ0n) is 17.7. The third-order valence-corrected chi connectivity index (χ3v) is 13.1. The fourth-order valence-corrected chi connectivity index (χ4v) is 7.60. The summed E-state index contributed by atoms with van der Waals surface area (Å²) in [6.45, 7) is 12.4. The van der Waals surface area contributed by atoms with Crippen molar-refractivity contribution in [3.8, 4) is 0 Å². The van der Waals surface area contributed by atoms with Crippen molar-refractivity contribution in [1.29, 1.82) is 0 Å². The molecule has 166 valence electrons. The Bertz CT molecular complexity index is 819. The zero-order valence-corrected chi connectivity index (χ0v) is 21.2. The van der Waals surface area contributed by atoms with Gasteiger partial charge in [0, 0.05) is 5.75 Å². The van der Waals surface area contributed by atoms with E-state index in [-0.39, 0.29) is 40.5 Å². The maximum absolute atomic E-state index is 12.8. The molecule has 3 atom stereocenters. The van der Waals surface area contributed by atoms with Crippen LogP contribution < -0.4 is 0 Å². The third-order valence-electron chi connectivity index (χ3n) is 5.36. The van der Waals surface area contributed by atoms with Crippen molar-refractivity contribution in [3.63, 3.8) is 0 Å². The van der Waals surface area contributed by atoms with Gasteiger partial charge < -0.3 is 9.53 Å². The van der Waals surface area contributed by atoms with Crippen LogP contribution in [0.1, 0.15) is 27.7 Å². The molecule has 1 N–H and O–H groups in total. The van der Waals surface area contributed by atoms with Gasteiger partial charge in [-0.2, -0.15) is 8.42 Å². The topological polar surface area (TPSA) is 110 Å². The highest BCUT2D eigenvalue weighted by molar-refractivity contribution is 8.22. The van der Waals surface area contributed by atoms with Gasteiger partial charge in [-0.3, -0.25) is 13.9 Å². The first-order valence-corrected chi connectivity index (χ1v) is 15.8.